The Bertz CT molecular complexity index is 512. The van der Waals surface area contributed by atoms with E-state index < -0.39 is 0 Å². The van der Waals surface area contributed by atoms with E-state index in [4.69, 9.17) is 5.73 Å². The maximum Gasteiger partial charge on any atom is 0.181 e. The van der Waals surface area contributed by atoms with Gasteiger partial charge in [0, 0.05) is 0 Å². The van der Waals surface area contributed by atoms with Crippen molar-refractivity contribution in [3.05, 3.63) is 23.8 Å². The van der Waals surface area contributed by atoms with Gasteiger partial charge >= 0.3 is 0 Å². The van der Waals surface area contributed by atoms with Crippen LogP contribution in [0.3, 0.4) is 0 Å². The van der Waals surface area contributed by atoms with E-state index in [2.05, 4.69) is 23.2 Å². The lowest BCUT2D eigenvalue weighted by atomic mass is 9.85. The third kappa shape index (κ3) is 2.29. The summed E-state index contributed by atoms with van der Waals surface area (Å²) in [4.78, 5) is 4.36. The van der Waals surface area contributed by atoms with Gasteiger partial charge in [0.05, 0.1) is 10.2 Å². The zero-order chi connectivity index (χ0) is 11.7. The van der Waals surface area contributed by atoms with Crippen molar-refractivity contribution < 1.29 is 0 Å². The summed E-state index contributed by atoms with van der Waals surface area (Å²) in [6, 6.07) is 6.42. The number of thiazole rings is 1. The van der Waals surface area contributed by atoms with Crippen molar-refractivity contribution >= 4 is 26.7 Å². The van der Waals surface area contributed by atoms with E-state index in [1.807, 2.05) is 0 Å². The molecule has 0 atom stereocenters. The first-order valence-corrected chi connectivity index (χ1v) is 7.28. The van der Waals surface area contributed by atoms with Crippen molar-refractivity contribution in [1.82, 2.24) is 4.98 Å². The normalized spacial score (nSPS) is 17.6. The minimum absolute atomic E-state index is 0.691. The summed E-state index contributed by atoms with van der Waals surface area (Å²) in [6.45, 7) is 0. The molecule has 90 valence electrons. The van der Waals surface area contributed by atoms with E-state index in [-0.39, 0.29) is 0 Å². The van der Waals surface area contributed by atoms with Gasteiger partial charge in [-0.15, -0.1) is 0 Å². The molecule has 1 fully saturated rings. The molecule has 1 aliphatic carbocycles. The molecule has 1 aromatic carbocycles. The highest BCUT2D eigenvalue weighted by Gasteiger charge is 2.16. The van der Waals surface area contributed by atoms with Crippen molar-refractivity contribution in [1.29, 1.82) is 0 Å². The Morgan fingerprint density at radius 3 is 2.88 bits per heavy atom. The highest BCUT2D eigenvalue weighted by molar-refractivity contribution is 7.22. The van der Waals surface area contributed by atoms with Crippen molar-refractivity contribution in [3.63, 3.8) is 0 Å². The third-order valence-corrected chi connectivity index (χ3v) is 4.72. The molecule has 0 radical (unpaired) electrons. The van der Waals surface area contributed by atoms with Crippen molar-refractivity contribution in [2.24, 2.45) is 5.92 Å². The summed E-state index contributed by atoms with van der Waals surface area (Å²) in [5, 5.41) is 0.691. The number of fused-ring (bicyclic) bond motifs is 1. The Kier molecular flexibility index (Phi) is 3.02. The minimum atomic E-state index is 0.691. The lowest BCUT2D eigenvalue weighted by molar-refractivity contribution is 0.357. The molecule has 0 unspecified atom stereocenters. The molecule has 1 heterocycles. The van der Waals surface area contributed by atoms with Crippen molar-refractivity contribution in [2.45, 2.75) is 38.5 Å². The summed E-state index contributed by atoms with van der Waals surface area (Å²) in [5.74, 6) is 0.873. The predicted molar refractivity (Wildman–Crippen MR) is 74.3 cm³/mol. The Morgan fingerprint density at radius 1 is 1.24 bits per heavy atom. The number of aromatic nitrogens is 1. The van der Waals surface area contributed by atoms with Crippen LogP contribution in [0.2, 0.25) is 0 Å². The summed E-state index contributed by atoms with van der Waals surface area (Å²) in [6.07, 6.45) is 8.24. The molecule has 0 spiro atoms. The maximum absolute atomic E-state index is 5.80. The maximum atomic E-state index is 5.80. The Labute approximate surface area is 106 Å². The Morgan fingerprint density at radius 2 is 2.06 bits per heavy atom. The molecule has 2 aromatic rings. The number of rotatable bonds is 2. The molecule has 0 aliphatic heterocycles. The van der Waals surface area contributed by atoms with Gasteiger partial charge in [-0.05, 0) is 24.0 Å². The van der Waals surface area contributed by atoms with Crippen LogP contribution < -0.4 is 5.73 Å². The van der Waals surface area contributed by atoms with Crippen LogP contribution in [0.25, 0.3) is 10.2 Å². The van der Waals surface area contributed by atoms with Crippen LogP contribution >= 0.6 is 11.3 Å². The van der Waals surface area contributed by atoms with Gasteiger partial charge in [-0.1, -0.05) is 55.6 Å². The molecule has 17 heavy (non-hydrogen) atoms. The van der Waals surface area contributed by atoms with Gasteiger partial charge in [-0.3, -0.25) is 0 Å². The van der Waals surface area contributed by atoms with Crippen LogP contribution in [-0.4, -0.2) is 4.98 Å². The fourth-order valence-electron chi connectivity index (χ4n) is 2.89. The number of benzene rings is 1. The van der Waals surface area contributed by atoms with E-state index >= 15 is 0 Å². The minimum Gasteiger partial charge on any atom is -0.375 e. The number of anilines is 1. The van der Waals surface area contributed by atoms with E-state index in [9.17, 15) is 0 Å². The molecule has 2 nitrogen and oxygen atoms in total. The van der Waals surface area contributed by atoms with Crippen molar-refractivity contribution in [3.8, 4) is 0 Å². The van der Waals surface area contributed by atoms with Gasteiger partial charge in [0.1, 0.15) is 0 Å². The summed E-state index contributed by atoms with van der Waals surface area (Å²) < 4.78 is 1.30. The molecular weight excluding hydrogens is 228 g/mol. The van der Waals surface area contributed by atoms with Gasteiger partial charge in [-0.2, -0.15) is 0 Å². The van der Waals surface area contributed by atoms with Crippen LogP contribution in [0.4, 0.5) is 5.13 Å². The molecule has 3 rings (SSSR count). The number of hydrogen-bond donors (Lipinski definition) is 1. The summed E-state index contributed by atoms with van der Waals surface area (Å²) in [7, 11) is 0. The molecule has 0 amide bonds. The van der Waals surface area contributed by atoms with Crippen LogP contribution in [0.1, 0.15) is 37.7 Å². The number of nitrogens with two attached hydrogens (primary N) is 1. The average Bonchev–Trinajstić information content (AvgIpc) is 2.72. The molecule has 0 bridgehead atoms. The van der Waals surface area contributed by atoms with Crippen molar-refractivity contribution in [2.75, 3.05) is 5.73 Å². The van der Waals surface area contributed by atoms with Gasteiger partial charge in [0.15, 0.2) is 5.13 Å². The summed E-state index contributed by atoms with van der Waals surface area (Å²) >= 11 is 1.63. The molecular formula is C14H18N2S. The molecule has 2 N–H and O–H groups in total. The van der Waals surface area contributed by atoms with Crippen LogP contribution in [0.15, 0.2) is 18.2 Å². The van der Waals surface area contributed by atoms with Gasteiger partial charge in [0.2, 0.25) is 0 Å². The predicted octanol–water partition coefficient (Wildman–Crippen LogP) is 4.00. The number of nitrogens with zero attached hydrogens (tertiary/aromatic N) is 1. The van der Waals surface area contributed by atoms with Gasteiger partial charge in [-0.25, -0.2) is 4.98 Å². The molecule has 0 saturated heterocycles. The first kappa shape index (κ1) is 11.0. The largest absolute Gasteiger partial charge is 0.375 e. The fourth-order valence-corrected chi connectivity index (χ4v) is 3.74. The summed E-state index contributed by atoms with van der Waals surface area (Å²) in [5.41, 5.74) is 8.32. The lowest BCUT2D eigenvalue weighted by Gasteiger charge is -2.21. The Hall–Kier alpha value is -1.09. The SMILES string of the molecule is Nc1nc2cccc(CC3CCCCC3)c2s1. The lowest BCUT2D eigenvalue weighted by Crippen LogP contribution is -2.09. The van der Waals surface area contributed by atoms with E-state index in [1.54, 1.807) is 11.3 Å². The standard InChI is InChI=1S/C14H18N2S/c15-14-16-12-8-4-7-11(13(12)17-14)9-10-5-2-1-3-6-10/h4,7-8,10H,1-3,5-6,9H2,(H2,15,16). The fraction of sp³-hybridized carbons (Fsp3) is 0.500. The zero-order valence-corrected chi connectivity index (χ0v) is 10.8. The van der Waals surface area contributed by atoms with E-state index in [1.165, 1.54) is 48.8 Å². The Balaban J connectivity index is 1.88. The van der Waals surface area contributed by atoms with Gasteiger partial charge in [0.25, 0.3) is 0 Å². The third-order valence-electron chi connectivity index (χ3n) is 3.75. The quantitative estimate of drug-likeness (QED) is 0.869. The monoisotopic (exact) mass is 246 g/mol. The first-order chi connectivity index (χ1) is 8.33. The van der Waals surface area contributed by atoms with Gasteiger partial charge < -0.3 is 5.73 Å². The van der Waals surface area contributed by atoms with E-state index in [0.29, 0.717) is 5.13 Å². The van der Waals surface area contributed by atoms with Crippen LogP contribution in [0.5, 0.6) is 0 Å². The highest BCUT2D eigenvalue weighted by Crippen LogP contribution is 2.32. The van der Waals surface area contributed by atoms with Crippen LogP contribution in [0, 0.1) is 5.92 Å². The smallest absolute Gasteiger partial charge is 0.181 e. The molecule has 1 aromatic heterocycles. The zero-order valence-electron chi connectivity index (χ0n) is 9.98. The van der Waals surface area contributed by atoms with E-state index in [0.717, 1.165) is 11.4 Å². The molecule has 1 aliphatic rings. The second-order valence-corrected chi connectivity index (χ2v) is 6.06. The molecule has 1 saturated carbocycles. The number of hydrogen-bond acceptors (Lipinski definition) is 3. The second kappa shape index (κ2) is 4.65. The highest BCUT2D eigenvalue weighted by atomic mass is 32.1. The second-order valence-electron chi connectivity index (χ2n) is 5.03. The molecule has 3 heteroatoms. The van der Waals surface area contributed by atoms with Crippen LogP contribution in [-0.2, 0) is 6.42 Å². The first-order valence-electron chi connectivity index (χ1n) is 6.47. The topological polar surface area (TPSA) is 38.9 Å². The number of nitrogen functional groups attached to an aromatic ring is 1. The average molecular weight is 246 g/mol.